The van der Waals surface area contributed by atoms with E-state index >= 15 is 0 Å². The first-order valence-corrected chi connectivity index (χ1v) is 9.72. The van der Waals surface area contributed by atoms with Gasteiger partial charge in [-0.05, 0) is 55.7 Å². The number of nitrogens with one attached hydrogen (secondary N) is 1. The largest absolute Gasteiger partial charge is 0.493 e. The second-order valence-electron chi connectivity index (χ2n) is 7.23. The molecule has 1 aromatic carbocycles. The van der Waals surface area contributed by atoms with E-state index in [1.165, 1.54) is 14.0 Å². The Balaban J connectivity index is 1.80. The molecule has 0 unspecified atom stereocenters. The average molecular weight is 379 g/mol. The van der Waals surface area contributed by atoms with Crippen LogP contribution in [0.4, 0.5) is 4.39 Å². The minimum absolute atomic E-state index is 0.0156. The first kappa shape index (κ1) is 21.2. The van der Waals surface area contributed by atoms with Gasteiger partial charge in [0.15, 0.2) is 11.5 Å². The molecule has 2 rings (SSSR count). The molecule has 1 aliphatic carbocycles. The minimum Gasteiger partial charge on any atom is -0.493 e. The van der Waals surface area contributed by atoms with Crippen molar-refractivity contribution in [3.8, 4) is 11.5 Å². The van der Waals surface area contributed by atoms with Crippen LogP contribution in [0.5, 0.6) is 11.5 Å². The molecule has 0 aliphatic heterocycles. The fourth-order valence-electron chi connectivity index (χ4n) is 3.65. The van der Waals surface area contributed by atoms with E-state index in [9.17, 15) is 14.0 Å². The van der Waals surface area contributed by atoms with Gasteiger partial charge in [-0.25, -0.2) is 0 Å². The number of alkyl halides is 1. The lowest BCUT2D eigenvalue weighted by molar-refractivity contribution is -0.132. The number of rotatable bonds is 9. The van der Waals surface area contributed by atoms with Gasteiger partial charge in [0.1, 0.15) is 0 Å². The molecular weight excluding hydrogens is 349 g/mol. The first-order chi connectivity index (χ1) is 13.0. The third-order valence-corrected chi connectivity index (χ3v) is 5.05. The summed E-state index contributed by atoms with van der Waals surface area (Å²) in [6, 6.07) is 5.35. The molecule has 0 atom stereocenters. The third kappa shape index (κ3) is 7.19. The number of hydrogen-bond acceptors (Lipinski definition) is 4. The second-order valence-corrected chi connectivity index (χ2v) is 7.23. The van der Waals surface area contributed by atoms with Crippen molar-refractivity contribution in [1.29, 1.82) is 0 Å². The lowest BCUT2D eigenvalue weighted by Crippen LogP contribution is -2.38. The molecule has 0 saturated heterocycles. The molecule has 5 nitrogen and oxygen atoms in total. The van der Waals surface area contributed by atoms with Crippen LogP contribution in [0.3, 0.4) is 0 Å². The molecule has 0 heterocycles. The normalized spacial score (nSPS) is 19.4. The van der Waals surface area contributed by atoms with Crippen molar-refractivity contribution < 1.29 is 23.5 Å². The molecular formula is C21H30FNO4. The van der Waals surface area contributed by atoms with Crippen LogP contribution in [0, 0.1) is 5.92 Å². The maximum absolute atomic E-state index is 12.4. The van der Waals surface area contributed by atoms with Crippen molar-refractivity contribution in [2.45, 2.75) is 64.3 Å². The van der Waals surface area contributed by atoms with Crippen LogP contribution in [-0.4, -0.2) is 31.7 Å². The monoisotopic (exact) mass is 379 g/mol. The predicted molar refractivity (Wildman–Crippen MR) is 102 cm³/mol. The Bertz CT molecular complexity index is 627. The zero-order valence-electron chi connectivity index (χ0n) is 16.3. The van der Waals surface area contributed by atoms with E-state index in [0.29, 0.717) is 23.8 Å². The van der Waals surface area contributed by atoms with Gasteiger partial charge in [0, 0.05) is 13.0 Å². The van der Waals surface area contributed by atoms with Crippen LogP contribution < -0.4 is 14.8 Å². The van der Waals surface area contributed by atoms with Crippen LogP contribution in [-0.2, 0) is 16.0 Å². The highest BCUT2D eigenvalue weighted by atomic mass is 19.1. The van der Waals surface area contributed by atoms with Crippen LogP contribution >= 0.6 is 0 Å². The van der Waals surface area contributed by atoms with E-state index < -0.39 is 5.97 Å². The maximum atomic E-state index is 12.4. The van der Waals surface area contributed by atoms with E-state index in [1.54, 1.807) is 18.2 Å². The van der Waals surface area contributed by atoms with E-state index in [-0.39, 0.29) is 25.0 Å². The topological polar surface area (TPSA) is 64.6 Å². The summed E-state index contributed by atoms with van der Waals surface area (Å²) in [5.41, 5.74) is 0.806. The Morgan fingerprint density at radius 3 is 2.52 bits per heavy atom. The number of hydrogen-bond donors (Lipinski definition) is 1. The zero-order valence-corrected chi connectivity index (χ0v) is 16.3. The lowest BCUT2D eigenvalue weighted by atomic mass is 9.83. The van der Waals surface area contributed by atoms with Crippen molar-refractivity contribution in [2.75, 3.05) is 13.8 Å². The first-order valence-electron chi connectivity index (χ1n) is 9.72. The van der Waals surface area contributed by atoms with Crippen LogP contribution in [0.15, 0.2) is 18.2 Å². The molecule has 0 aromatic heterocycles. The fraction of sp³-hybridized carbons (Fsp3) is 0.619. The molecule has 0 bridgehead atoms. The number of benzene rings is 1. The number of methoxy groups -OCH3 is 1. The Kier molecular flexibility index (Phi) is 8.55. The van der Waals surface area contributed by atoms with Gasteiger partial charge in [0.2, 0.25) is 5.91 Å². The molecule has 1 saturated carbocycles. The van der Waals surface area contributed by atoms with Crippen LogP contribution in [0.2, 0.25) is 0 Å². The van der Waals surface area contributed by atoms with Gasteiger partial charge < -0.3 is 14.8 Å². The molecule has 1 aromatic rings. The Morgan fingerprint density at radius 2 is 1.89 bits per heavy atom. The molecule has 1 fully saturated rings. The molecule has 0 radical (unpaired) electrons. The summed E-state index contributed by atoms with van der Waals surface area (Å²) in [5.74, 6) is 1.02. The smallest absolute Gasteiger partial charge is 0.308 e. The van der Waals surface area contributed by atoms with Gasteiger partial charge in [0.05, 0.1) is 20.2 Å². The zero-order chi connectivity index (χ0) is 19.6. The standard InChI is InChI=1S/C21H30FNO4/c1-15(24)27-19-11-8-17(13-20(19)26-2)14-21(25)23-18-9-6-16(7-10-18)5-3-4-12-22/h8,11,13,16,18H,3-7,9-10,12,14H2,1-2H3,(H,23,25)/t16-,18-. The molecule has 0 spiro atoms. The average Bonchev–Trinajstić information content (AvgIpc) is 2.64. The van der Waals surface area contributed by atoms with E-state index in [0.717, 1.165) is 44.1 Å². The molecule has 1 N–H and O–H groups in total. The SMILES string of the molecule is COc1cc(CC(=O)N[C@H]2CC[C@H](CCCCF)CC2)ccc1OC(C)=O. The van der Waals surface area contributed by atoms with Crippen molar-refractivity contribution in [1.82, 2.24) is 5.32 Å². The van der Waals surface area contributed by atoms with Crippen molar-refractivity contribution in [3.05, 3.63) is 23.8 Å². The summed E-state index contributed by atoms with van der Waals surface area (Å²) in [5, 5.41) is 3.11. The Morgan fingerprint density at radius 1 is 1.15 bits per heavy atom. The van der Waals surface area contributed by atoms with Gasteiger partial charge in [0.25, 0.3) is 0 Å². The highest BCUT2D eigenvalue weighted by Gasteiger charge is 2.22. The highest BCUT2D eigenvalue weighted by molar-refractivity contribution is 5.79. The summed E-state index contributed by atoms with van der Waals surface area (Å²) >= 11 is 0. The van der Waals surface area contributed by atoms with Crippen LogP contribution in [0.25, 0.3) is 0 Å². The van der Waals surface area contributed by atoms with Crippen molar-refractivity contribution in [2.24, 2.45) is 5.92 Å². The Labute approximate surface area is 160 Å². The van der Waals surface area contributed by atoms with Gasteiger partial charge in [-0.1, -0.05) is 18.9 Å². The number of esters is 1. The van der Waals surface area contributed by atoms with E-state index in [2.05, 4.69) is 5.32 Å². The number of ether oxygens (including phenoxy) is 2. The summed E-state index contributed by atoms with van der Waals surface area (Å²) < 4.78 is 22.5. The lowest BCUT2D eigenvalue weighted by Gasteiger charge is -2.29. The van der Waals surface area contributed by atoms with Gasteiger partial charge in [-0.15, -0.1) is 0 Å². The predicted octanol–water partition coefficient (Wildman–Crippen LogP) is 3.98. The number of carbonyl (C=O) groups is 2. The van der Waals surface area contributed by atoms with Crippen molar-refractivity contribution in [3.63, 3.8) is 0 Å². The van der Waals surface area contributed by atoms with E-state index in [1.807, 2.05) is 0 Å². The van der Waals surface area contributed by atoms with Crippen molar-refractivity contribution >= 4 is 11.9 Å². The molecule has 6 heteroatoms. The van der Waals surface area contributed by atoms with Gasteiger partial charge >= 0.3 is 5.97 Å². The number of unbranched alkanes of at least 4 members (excludes halogenated alkanes) is 1. The number of amides is 1. The third-order valence-electron chi connectivity index (χ3n) is 5.05. The maximum Gasteiger partial charge on any atom is 0.308 e. The number of halogens is 1. The van der Waals surface area contributed by atoms with Gasteiger partial charge in [-0.2, -0.15) is 0 Å². The number of carbonyl (C=O) groups excluding carboxylic acids is 2. The summed E-state index contributed by atoms with van der Waals surface area (Å²) in [7, 11) is 1.50. The second kappa shape index (κ2) is 10.9. The minimum atomic E-state index is -0.418. The van der Waals surface area contributed by atoms with E-state index in [4.69, 9.17) is 9.47 Å². The molecule has 27 heavy (non-hydrogen) atoms. The molecule has 1 aliphatic rings. The molecule has 1 amide bonds. The van der Waals surface area contributed by atoms with Gasteiger partial charge in [-0.3, -0.25) is 14.0 Å². The van der Waals surface area contributed by atoms with Crippen LogP contribution in [0.1, 0.15) is 57.4 Å². The fourth-order valence-corrected chi connectivity index (χ4v) is 3.65. The Hall–Kier alpha value is -2.11. The summed E-state index contributed by atoms with van der Waals surface area (Å²) in [6.45, 7) is 1.11. The summed E-state index contributed by atoms with van der Waals surface area (Å²) in [4.78, 5) is 23.5. The quantitative estimate of drug-likeness (QED) is 0.400. The highest BCUT2D eigenvalue weighted by Crippen LogP contribution is 2.30. The summed E-state index contributed by atoms with van der Waals surface area (Å²) in [6.07, 6.45) is 7.15. The molecule has 150 valence electrons.